The molecule has 2 heterocycles. The van der Waals surface area contributed by atoms with Gasteiger partial charge in [-0.1, -0.05) is 66.7 Å². The van der Waals surface area contributed by atoms with Crippen molar-refractivity contribution in [2.24, 2.45) is 0 Å². The van der Waals surface area contributed by atoms with E-state index >= 15 is 0 Å². The minimum atomic E-state index is 0.370. The SMILES string of the molecule is c1ccc(COc2ncccc2[C@H]2CCCN2Cc2ccccc2)cc1. The summed E-state index contributed by atoms with van der Waals surface area (Å²) in [6.07, 6.45) is 4.19. The van der Waals surface area contributed by atoms with E-state index in [1.54, 1.807) is 0 Å². The molecule has 4 rings (SSSR count). The first kappa shape index (κ1) is 16.8. The molecule has 1 aromatic heterocycles. The van der Waals surface area contributed by atoms with Gasteiger partial charge in [-0.25, -0.2) is 4.98 Å². The molecule has 26 heavy (non-hydrogen) atoms. The molecule has 1 aliphatic rings. The molecule has 1 aliphatic heterocycles. The molecule has 132 valence electrons. The van der Waals surface area contributed by atoms with E-state index in [2.05, 4.69) is 58.4 Å². The maximum atomic E-state index is 6.10. The topological polar surface area (TPSA) is 25.4 Å². The third-order valence-corrected chi connectivity index (χ3v) is 4.97. The molecule has 3 nitrogen and oxygen atoms in total. The summed E-state index contributed by atoms with van der Waals surface area (Å²) in [4.78, 5) is 7.07. The average molecular weight is 344 g/mol. The van der Waals surface area contributed by atoms with Gasteiger partial charge in [-0.05, 0) is 36.6 Å². The summed E-state index contributed by atoms with van der Waals surface area (Å²) in [6.45, 7) is 2.64. The first-order valence-corrected chi connectivity index (χ1v) is 9.30. The summed E-state index contributed by atoms with van der Waals surface area (Å²) in [7, 11) is 0. The highest BCUT2D eigenvalue weighted by Crippen LogP contribution is 2.37. The molecule has 3 aromatic rings. The molecule has 0 unspecified atom stereocenters. The summed E-state index contributed by atoms with van der Waals surface area (Å²) in [5.41, 5.74) is 3.73. The van der Waals surface area contributed by atoms with E-state index in [1.165, 1.54) is 17.5 Å². The van der Waals surface area contributed by atoms with Gasteiger partial charge in [0.25, 0.3) is 0 Å². The first-order valence-electron chi connectivity index (χ1n) is 9.30. The number of nitrogens with zero attached hydrogens (tertiary/aromatic N) is 2. The van der Waals surface area contributed by atoms with Crippen LogP contribution in [0, 0.1) is 0 Å². The highest BCUT2D eigenvalue weighted by atomic mass is 16.5. The maximum absolute atomic E-state index is 6.10. The van der Waals surface area contributed by atoms with Crippen molar-refractivity contribution < 1.29 is 4.74 Å². The summed E-state index contributed by atoms with van der Waals surface area (Å²) >= 11 is 0. The molecule has 0 N–H and O–H groups in total. The van der Waals surface area contributed by atoms with Gasteiger partial charge in [-0.3, -0.25) is 4.90 Å². The van der Waals surface area contributed by atoms with Gasteiger partial charge < -0.3 is 4.74 Å². The van der Waals surface area contributed by atoms with Crippen LogP contribution < -0.4 is 4.74 Å². The smallest absolute Gasteiger partial charge is 0.218 e. The fraction of sp³-hybridized carbons (Fsp3) is 0.261. The minimum Gasteiger partial charge on any atom is -0.473 e. The molecule has 1 saturated heterocycles. The number of hydrogen-bond acceptors (Lipinski definition) is 3. The normalized spacial score (nSPS) is 17.3. The van der Waals surface area contributed by atoms with Crippen LogP contribution in [0.2, 0.25) is 0 Å². The van der Waals surface area contributed by atoms with Gasteiger partial charge >= 0.3 is 0 Å². The lowest BCUT2D eigenvalue weighted by atomic mass is 10.1. The van der Waals surface area contributed by atoms with Crippen molar-refractivity contribution in [1.29, 1.82) is 0 Å². The number of rotatable bonds is 6. The molecule has 0 radical (unpaired) electrons. The van der Waals surface area contributed by atoms with Crippen LogP contribution in [0.1, 0.15) is 35.6 Å². The van der Waals surface area contributed by atoms with Crippen molar-refractivity contribution in [3.05, 3.63) is 95.7 Å². The van der Waals surface area contributed by atoms with Gasteiger partial charge in [0, 0.05) is 24.3 Å². The molecule has 0 saturated carbocycles. The van der Waals surface area contributed by atoms with Gasteiger partial charge in [0.1, 0.15) is 6.61 Å². The second-order valence-electron chi connectivity index (χ2n) is 6.79. The van der Waals surface area contributed by atoms with Gasteiger partial charge in [-0.2, -0.15) is 0 Å². The minimum absolute atomic E-state index is 0.370. The molecule has 3 heteroatoms. The molecule has 0 bridgehead atoms. The number of pyridine rings is 1. The Morgan fingerprint density at radius 2 is 1.62 bits per heavy atom. The Kier molecular flexibility index (Phi) is 5.27. The van der Waals surface area contributed by atoms with E-state index in [4.69, 9.17) is 4.74 Å². The Balaban J connectivity index is 1.51. The maximum Gasteiger partial charge on any atom is 0.218 e. The van der Waals surface area contributed by atoms with Gasteiger partial charge in [0.05, 0.1) is 0 Å². The Bertz CT molecular complexity index is 820. The van der Waals surface area contributed by atoms with E-state index in [1.807, 2.05) is 30.5 Å². The van der Waals surface area contributed by atoms with Crippen LogP contribution in [0.15, 0.2) is 79.0 Å². The van der Waals surface area contributed by atoms with Crippen molar-refractivity contribution in [1.82, 2.24) is 9.88 Å². The number of likely N-dealkylation sites (tertiary alicyclic amines) is 1. The second kappa shape index (κ2) is 8.15. The lowest BCUT2D eigenvalue weighted by molar-refractivity contribution is 0.232. The van der Waals surface area contributed by atoms with Crippen LogP contribution in [-0.2, 0) is 13.2 Å². The number of aromatic nitrogens is 1. The third-order valence-electron chi connectivity index (χ3n) is 4.97. The summed E-state index contributed by atoms with van der Waals surface area (Å²) in [5, 5.41) is 0. The monoisotopic (exact) mass is 344 g/mol. The zero-order valence-electron chi connectivity index (χ0n) is 14.9. The molecular formula is C23H24N2O. The first-order chi connectivity index (χ1) is 12.9. The van der Waals surface area contributed by atoms with E-state index in [9.17, 15) is 0 Å². The van der Waals surface area contributed by atoms with E-state index in [-0.39, 0.29) is 0 Å². The number of hydrogen-bond donors (Lipinski definition) is 0. The fourth-order valence-electron chi connectivity index (χ4n) is 3.69. The Labute approximate surface area is 155 Å². The van der Waals surface area contributed by atoms with Crippen LogP contribution in [0.4, 0.5) is 0 Å². The fourth-order valence-corrected chi connectivity index (χ4v) is 3.69. The molecule has 2 aromatic carbocycles. The Hall–Kier alpha value is -2.65. The molecular weight excluding hydrogens is 320 g/mol. The van der Waals surface area contributed by atoms with Crippen molar-refractivity contribution in [3.8, 4) is 5.88 Å². The van der Waals surface area contributed by atoms with Crippen molar-refractivity contribution in [3.63, 3.8) is 0 Å². The summed E-state index contributed by atoms with van der Waals surface area (Å²) in [6, 6.07) is 25.5. The predicted molar refractivity (Wildman–Crippen MR) is 104 cm³/mol. The zero-order valence-corrected chi connectivity index (χ0v) is 14.9. The predicted octanol–water partition coefficient (Wildman–Crippen LogP) is 5.00. The van der Waals surface area contributed by atoms with Crippen LogP contribution in [0.25, 0.3) is 0 Å². The van der Waals surface area contributed by atoms with Crippen LogP contribution in [-0.4, -0.2) is 16.4 Å². The zero-order chi connectivity index (χ0) is 17.6. The highest BCUT2D eigenvalue weighted by molar-refractivity contribution is 5.30. The molecule has 1 atom stereocenters. The van der Waals surface area contributed by atoms with E-state index in [0.29, 0.717) is 12.6 Å². The average Bonchev–Trinajstić information content (AvgIpc) is 3.16. The van der Waals surface area contributed by atoms with E-state index in [0.717, 1.165) is 31.0 Å². The third kappa shape index (κ3) is 3.94. The molecule has 0 aliphatic carbocycles. The molecule has 1 fully saturated rings. The van der Waals surface area contributed by atoms with Crippen LogP contribution in [0.5, 0.6) is 5.88 Å². The molecule has 0 amide bonds. The van der Waals surface area contributed by atoms with Crippen molar-refractivity contribution in [2.75, 3.05) is 6.54 Å². The molecule has 0 spiro atoms. The summed E-state index contributed by atoms with van der Waals surface area (Å²) < 4.78 is 6.10. The van der Waals surface area contributed by atoms with Crippen LogP contribution >= 0.6 is 0 Å². The largest absolute Gasteiger partial charge is 0.473 e. The Morgan fingerprint density at radius 3 is 2.38 bits per heavy atom. The number of ether oxygens (including phenoxy) is 1. The van der Waals surface area contributed by atoms with Gasteiger partial charge in [0.2, 0.25) is 5.88 Å². The lowest BCUT2D eigenvalue weighted by Crippen LogP contribution is -2.23. The highest BCUT2D eigenvalue weighted by Gasteiger charge is 2.28. The standard InChI is InChI=1S/C23H24N2O/c1-3-9-19(10-4-1)17-25-16-8-14-22(25)21-13-7-15-24-23(21)26-18-20-11-5-2-6-12-20/h1-7,9-13,15,22H,8,14,16-18H2/t22-/m1/s1. The summed E-state index contributed by atoms with van der Waals surface area (Å²) in [5.74, 6) is 0.765. The van der Waals surface area contributed by atoms with Crippen LogP contribution in [0.3, 0.4) is 0 Å². The Morgan fingerprint density at radius 1 is 0.885 bits per heavy atom. The van der Waals surface area contributed by atoms with Crippen molar-refractivity contribution >= 4 is 0 Å². The number of benzene rings is 2. The van der Waals surface area contributed by atoms with E-state index < -0.39 is 0 Å². The second-order valence-corrected chi connectivity index (χ2v) is 6.79. The lowest BCUT2D eigenvalue weighted by Gasteiger charge is -2.26. The van der Waals surface area contributed by atoms with Gasteiger partial charge in [0.15, 0.2) is 0 Å². The van der Waals surface area contributed by atoms with Gasteiger partial charge in [-0.15, -0.1) is 0 Å². The van der Waals surface area contributed by atoms with Crippen molar-refractivity contribution in [2.45, 2.75) is 32.0 Å². The quantitative estimate of drug-likeness (QED) is 0.629.